The number of methoxy groups -OCH3 is 1. The summed E-state index contributed by atoms with van der Waals surface area (Å²) in [6, 6.07) is 14.8. The highest BCUT2D eigenvalue weighted by Gasteiger charge is 2.17. The lowest BCUT2D eigenvalue weighted by atomic mass is 10.1. The van der Waals surface area contributed by atoms with E-state index >= 15 is 0 Å². The number of nitrogens with zero attached hydrogens (tertiary/aromatic N) is 4. The van der Waals surface area contributed by atoms with Crippen LogP contribution in [0.15, 0.2) is 75.5 Å². The minimum atomic E-state index is -3.86. The lowest BCUT2D eigenvalue weighted by Gasteiger charge is -2.07. The molecule has 0 spiro atoms. The molecule has 10 nitrogen and oxygen atoms in total. The van der Waals surface area contributed by atoms with Gasteiger partial charge in [-0.1, -0.05) is 0 Å². The van der Waals surface area contributed by atoms with Gasteiger partial charge in [-0.3, -0.25) is 14.9 Å². The Balaban J connectivity index is 1.58. The second-order valence-electron chi connectivity index (χ2n) is 7.77. The van der Waals surface area contributed by atoms with Crippen LogP contribution in [0, 0.1) is 13.8 Å². The van der Waals surface area contributed by atoms with E-state index in [-0.39, 0.29) is 16.4 Å². The average molecular weight is 493 g/mol. The Morgan fingerprint density at radius 1 is 1.06 bits per heavy atom. The normalized spacial score (nSPS) is 11.9. The first-order chi connectivity index (χ1) is 16.7. The Labute approximate surface area is 202 Å². The molecule has 0 amide bonds. The predicted octanol–water partition coefficient (Wildman–Crippen LogP) is 3.52. The highest BCUT2D eigenvalue weighted by molar-refractivity contribution is 7.92. The lowest BCUT2D eigenvalue weighted by molar-refractivity contribution is 0.414. The summed E-state index contributed by atoms with van der Waals surface area (Å²) in [7, 11) is -2.29. The van der Waals surface area contributed by atoms with Gasteiger partial charge < -0.3 is 4.74 Å². The maximum Gasteiger partial charge on any atom is 0.280 e. The van der Waals surface area contributed by atoms with Crippen LogP contribution in [-0.4, -0.2) is 41.0 Å². The number of aliphatic imine (C=N–C) groups is 1. The van der Waals surface area contributed by atoms with Gasteiger partial charge in [-0.15, -0.1) is 0 Å². The van der Waals surface area contributed by atoms with Crippen LogP contribution in [0.5, 0.6) is 5.75 Å². The molecule has 0 atom stereocenters. The van der Waals surface area contributed by atoms with Gasteiger partial charge in [0.1, 0.15) is 5.75 Å². The molecule has 2 N–H and O–H groups in total. The van der Waals surface area contributed by atoms with E-state index in [0.29, 0.717) is 39.8 Å². The number of anilines is 1. The first kappa shape index (κ1) is 23.9. The quantitative estimate of drug-likeness (QED) is 0.380. The van der Waals surface area contributed by atoms with Crippen molar-refractivity contribution in [2.75, 3.05) is 11.8 Å². The molecule has 4 aromatic rings. The third-order valence-electron chi connectivity index (χ3n) is 5.23. The smallest absolute Gasteiger partial charge is 0.280 e. The number of H-pyrrole nitrogens is 1. The van der Waals surface area contributed by atoms with Crippen molar-refractivity contribution < 1.29 is 13.2 Å². The fourth-order valence-electron chi connectivity index (χ4n) is 3.51. The van der Waals surface area contributed by atoms with Crippen molar-refractivity contribution in [3.63, 3.8) is 0 Å². The number of aryl methyl sites for hydroxylation is 2. The molecule has 0 bridgehead atoms. The summed E-state index contributed by atoms with van der Waals surface area (Å²) in [4.78, 5) is 25.6. The number of sulfonamides is 1. The molecule has 0 fully saturated rings. The molecule has 0 radical (unpaired) electrons. The summed E-state index contributed by atoms with van der Waals surface area (Å²) >= 11 is 0. The maximum absolute atomic E-state index is 13.1. The van der Waals surface area contributed by atoms with Crippen LogP contribution >= 0.6 is 0 Å². The molecule has 0 aliphatic carbocycles. The maximum atomic E-state index is 13.1. The molecule has 2 aromatic carbocycles. The zero-order valence-corrected chi connectivity index (χ0v) is 20.4. The monoisotopic (exact) mass is 492 g/mol. The first-order valence-electron chi connectivity index (χ1n) is 10.6. The Morgan fingerprint density at radius 2 is 1.74 bits per heavy atom. The highest BCUT2D eigenvalue weighted by Crippen LogP contribution is 2.20. The number of nitrogens with one attached hydrogen (secondary N) is 2. The Kier molecular flexibility index (Phi) is 6.52. The Hall–Kier alpha value is -4.25. The highest BCUT2D eigenvalue weighted by atomic mass is 32.2. The first-order valence-corrected chi connectivity index (χ1v) is 12.1. The minimum Gasteiger partial charge on any atom is -0.497 e. The van der Waals surface area contributed by atoms with Gasteiger partial charge in [0.25, 0.3) is 15.6 Å². The van der Waals surface area contributed by atoms with Crippen LogP contribution in [0.2, 0.25) is 0 Å². The zero-order chi connectivity index (χ0) is 25.2. The third-order valence-corrected chi connectivity index (χ3v) is 6.57. The van der Waals surface area contributed by atoms with Crippen LogP contribution < -0.4 is 15.0 Å². The molecular weight excluding hydrogens is 468 g/mol. The van der Waals surface area contributed by atoms with Crippen LogP contribution in [0.4, 0.5) is 11.6 Å². The van der Waals surface area contributed by atoms with Gasteiger partial charge in [-0.05, 0) is 75.4 Å². The fourth-order valence-corrected chi connectivity index (χ4v) is 4.46. The van der Waals surface area contributed by atoms with Gasteiger partial charge in [-0.2, -0.15) is 0 Å². The Morgan fingerprint density at radius 3 is 2.37 bits per heavy atom. The number of aromatic nitrogens is 4. The van der Waals surface area contributed by atoms with E-state index in [4.69, 9.17) is 4.74 Å². The number of hydrogen-bond donors (Lipinski definition) is 2. The van der Waals surface area contributed by atoms with Crippen molar-refractivity contribution in [1.29, 1.82) is 0 Å². The van der Waals surface area contributed by atoms with Gasteiger partial charge >= 0.3 is 0 Å². The van der Waals surface area contributed by atoms with Crippen molar-refractivity contribution >= 4 is 27.4 Å². The molecule has 0 saturated heterocycles. The molecule has 2 heterocycles. The van der Waals surface area contributed by atoms with Gasteiger partial charge in [0.15, 0.2) is 0 Å². The van der Waals surface area contributed by atoms with Crippen molar-refractivity contribution in [3.8, 4) is 11.4 Å². The second-order valence-corrected chi connectivity index (χ2v) is 9.45. The SMILES string of the molecule is COc1ccc(-n2[nH]c(C)c(C(C)=Nc3ccc(S(=O)(=O)Nc4nccc(C)n4)cc3)c2=O)cc1. The lowest BCUT2D eigenvalue weighted by Crippen LogP contribution is -2.19. The number of hydrogen-bond acceptors (Lipinski definition) is 7. The number of ether oxygens (including phenoxy) is 1. The van der Waals surface area contributed by atoms with Crippen LogP contribution in [0.25, 0.3) is 5.69 Å². The van der Waals surface area contributed by atoms with E-state index in [9.17, 15) is 13.2 Å². The molecule has 0 aliphatic rings. The largest absolute Gasteiger partial charge is 0.497 e. The summed E-state index contributed by atoms with van der Waals surface area (Å²) in [6.07, 6.45) is 1.48. The van der Waals surface area contributed by atoms with Gasteiger partial charge in [0.05, 0.1) is 34.7 Å². The van der Waals surface area contributed by atoms with Gasteiger partial charge in [-0.25, -0.2) is 27.8 Å². The summed E-state index contributed by atoms with van der Waals surface area (Å²) in [5.41, 5.74) is 3.17. The third kappa shape index (κ3) is 5.14. The van der Waals surface area contributed by atoms with Gasteiger partial charge in [0.2, 0.25) is 5.95 Å². The second kappa shape index (κ2) is 9.55. The fraction of sp³-hybridized carbons (Fsp3) is 0.167. The van der Waals surface area contributed by atoms with Crippen molar-refractivity contribution in [2.45, 2.75) is 25.7 Å². The summed E-state index contributed by atoms with van der Waals surface area (Å²) < 4.78 is 34.3. The molecule has 4 rings (SSSR count). The molecule has 11 heteroatoms. The van der Waals surface area contributed by atoms with Crippen molar-refractivity contribution in [3.05, 3.63) is 88.1 Å². The summed E-state index contributed by atoms with van der Waals surface area (Å²) in [5, 5.41) is 3.07. The van der Waals surface area contributed by atoms with Crippen molar-refractivity contribution in [1.82, 2.24) is 19.7 Å². The topological polar surface area (TPSA) is 131 Å². The predicted molar refractivity (Wildman–Crippen MR) is 134 cm³/mol. The van der Waals surface area contributed by atoms with E-state index in [1.807, 2.05) is 0 Å². The minimum absolute atomic E-state index is 0.000913. The van der Waals surface area contributed by atoms with Crippen LogP contribution in [0.1, 0.15) is 23.9 Å². The van der Waals surface area contributed by atoms with Crippen LogP contribution in [-0.2, 0) is 10.0 Å². The van der Waals surface area contributed by atoms with E-state index in [1.165, 1.54) is 23.0 Å². The van der Waals surface area contributed by atoms with Crippen molar-refractivity contribution in [2.24, 2.45) is 4.99 Å². The van der Waals surface area contributed by atoms with E-state index in [2.05, 4.69) is 24.8 Å². The summed E-state index contributed by atoms with van der Waals surface area (Å²) in [5.74, 6) is 0.689. The molecule has 0 unspecified atom stereocenters. The average Bonchev–Trinajstić information content (AvgIpc) is 3.13. The molecule has 35 heavy (non-hydrogen) atoms. The molecule has 0 aliphatic heterocycles. The molecular formula is C24H24N6O4S. The number of benzene rings is 2. The standard InChI is InChI=1S/C24H24N6O4S/c1-15-13-14-25-24(26-15)29-35(32,33)21-11-5-18(6-12-21)27-16(2)22-17(3)28-30(23(22)31)19-7-9-20(34-4)10-8-19/h5-14,28H,1-4H3,(H,25,26,29). The summed E-state index contributed by atoms with van der Waals surface area (Å²) in [6.45, 7) is 5.27. The van der Waals surface area contributed by atoms with Gasteiger partial charge in [0, 0.05) is 17.6 Å². The number of rotatable bonds is 7. The van der Waals surface area contributed by atoms with E-state index in [1.54, 1.807) is 70.3 Å². The van der Waals surface area contributed by atoms with E-state index in [0.717, 1.165) is 0 Å². The van der Waals surface area contributed by atoms with Crippen LogP contribution in [0.3, 0.4) is 0 Å². The molecule has 0 saturated carbocycles. The Bertz CT molecular complexity index is 1550. The zero-order valence-electron chi connectivity index (χ0n) is 19.6. The number of aromatic amines is 1. The van der Waals surface area contributed by atoms with E-state index < -0.39 is 10.0 Å². The molecule has 2 aromatic heterocycles. The molecule has 180 valence electrons.